The quantitative estimate of drug-likeness (QED) is 0.779. The van der Waals surface area contributed by atoms with E-state index in [1.165, 1.54) is 0 Å². The summed E-state index contributed by atoms with van der Waals surface area (Å²) in [6.45, 7) is 3.04. The van der Waals surface area contributed by atoms with E-state index in [4.69, 9.17) is 15.2 Å². The highest BCUT2D eigenvalue weighted by Crippen LogP contribution is 2.15. The van der Waals surface area contributed by atoms with Gasteiger partial charge in [0.25, 0.3) is 0 Å². The molecule has 0 amide bonds. The van der Waals surface area contributed by atoms with Gasteiger partial charge in [-0.15, -0.1) is 0 Å². The Morgan fingerprint density at radius 2 is 2.00 bits per heavy atom. The summed E-state index contributed by atoms with van der Waals surface area (Å²) in [5.74, 6) is 1.33. The van der Waals surface area contributed by atoms with Crippen LogP contribution in [-0.2, 0) is 15.5 Å². The minimum Gasteiger partial charge on any atom is -0.497 e. The van der Waals surface area contributed by atoms with Crippen LogP contribution in [0.3, 0.4) is 0 Å². The molecule has 0 bridgehead atoms. The number of rotatable bonds is 8. The molecule has 2 N–H and O–H groups in total. The van der Waals surface area contributed by atoms with Crippen LogP contribution < -0.4 is 10.5 Å². The number of ether oxygens (including phenoxy) is 2. The normalized spacial score (nSPS) is 14.2. The van der Waals surface area contributed by atoms with Gasteiger partial charge in [-0.25, -0.2) is 0 Å². The zero-order valence-electron chi connectivity index (χ0n) is 10.9. The average Bonchev–Trinajstić information content (AvgIpc) is 2.43. The number of nitrogens with two attached hydrogens (primary N) is 1. The van der Waals surface area contributed by atoms with Crippen LogP contribution in [0.1, 0.15) is 13.3 Å². The maximum atomic E-state index is 12.0. The predicted octanol–water partition coefficient (Wildman–Crippen LogP) is 1.56. The van der Waals surface area contributed by atoms with Crippen molar-refractivity contribution < 1.29 is 13.7 Å². The van der Waals surface area contributed by atoms with E-state index >= 15 is 0 Å². The molecule has 2 unspecified atom stereocenters. The highest BCUT2D eigenvalue weighted by atomic mass is 32.2. The summed E-state index contributed by atoms with van der Waals surface area (Å²) in [5, 5.41) is 0. The number of hydrogen-bond donors (Lipinski definition) is 1. The van der Waals surface area contributed by atoms with Crippen molar-refractivity contribution in [1.82, 2.24) is 0 Å². The van der Waals surface area contributed by atoms with Crippen molar-refractivity contribution in [3.8, 4) is 5.75 Å². The minimum atomic E-state index is -1.01. The monoisotopic (exact) mass is 271 g/mol. The SMILES string of the molecule is CCOC(CN)CCS(=O)c1ccc(OC)cc1. The van der Waals surface area contributed by atoms with Crippen molar-refractivity contribution in [3.63, 3.8) is 0 Å². The van der Waals surface area contributed by atoms with Crippen LogP contribution in [0.4, 0.5) is 0 Å². The number of methoxy groups -OCH3 is 1. The number of hydrogen-bond acceptors (Lipinski definition) is 4. The Morgan fingerprint density at radius 1 is 1.33 bits per heavy atom. The van der Waals surface area contributed by atoms with Crippen LogP contribution in [0.25, 0.3) is 0 Å². The Labute approximate surface area is 111 Å². The predicted molar refractivity (Wildman–Crippen MR) is 73.4 cm³/mol. The van der Waals surface area contributed by atoms with Gasteiger partial charge in [0.15, 0.2) is 0 Å². The van der Waals surface area contributed by atoms with Crippen molar-refractivity contribution in [2.45, 2.75) is 24.3 Å². The third kappa shape index (κ3) is 4.76. The number of benzene rings is 1. The molecule has 0 heterocycles. The summed E-state index contributed by atoms with van der Waals surface area (Å²) in [4.78, 5) is 0.808. The van der Waals surface area contributed by atoms with Crippen LogP contribution in [-0.4, -0.2) is 36.3 Å². The van der Waals surface area contributed by atoms with Gasteiger partial charge in [-0.1, -0.05) is 0 Å². The van der Waals surface area contributed by atoms with Crippen LogP contribution in [0.5, 0.6) is 5.75 Å². The zero-order valence-corrected chi connectivity index (χ0v) is 11.7. The molecule has 1 aromatic rings. The molecule has 0 aliphatic carbocycles. The first kappa shape index (κ1) is 15.1. The fourth-order valence-corrected chi connectivity index (χ4v) is 2.74. The molecule has 0 saturated heterocycles. The molecule has 0 aliphatic rings. The maximum Gasteiger partial charge on any atom is 0.118 e. The fourth-order valence-electron chi connectivity index (χ4n) is 1.59. The van der Waals surface area contributed by atoms with E-state index in [1.54, 1.807) is 7.11 Å². The Balaban J connectivity index is 2.48. The van der Waals surface area contributed by atoms with Gasteiger partial charge >= 0.3 is 0 Å². The smallest absolute Gasteiger partial charge is 0.118 e. The van der Waals surface area contributed by atoms with E-state index in [2.05, 4.69) is 0 Å². The Hall–Kier alpha value is -0.910. The lowest BCUT2D eigenvalue weighted by Gasteiger charge is -2.14. The molecule has 0 fully saturated rings. The van der Waals surface area contributed by atoms with Crippen molar-refractivity contribution in [1.29, 1.82) is 0 Å². The summed E-state index contributed by atoms with van der Waals surface area (Å²) < 4.78 is 22.5. The van der Waals surface area contributed by atoms with Crippen LogP contribution >= 0.6 is 0 Å². The van der Waals surface area contributed by atoms with Crippen LogP contribution in [0.15, 0.2) is 29.2 Å². The third-order valence-corrected chi connectivity index (χ3v) is 4.02. The third-order valence-electron chi connectivity index (χ3n) is 2.61. The summed E-state index contributed by atoms with van der Waals surface area (Å²) >= 11 is 0. The lowest BCUT2D eigenvalue weighted by atomic mass is 10.3. The van der Waals surface area contributed by atoms with Gasteiger partial charge in [-0.2, -0.15) is 0 Å². The topological polar surface area (TPSA) is 61.5 Å². The summed E-state index contributed by atoms with van der Waals surface area (Å²) in [7, 11) is 0.600. The molecule has 0 aromatic heterocycles. The average molecular weight is 271 g/mol. The standard InChI is InChI=1S/C13H21NO3S/c1-3-17-12(10-14)8-9-18(15)13-6-4-11(16-2)5-7-13/h4-7,12H,3,8-10,14H2,1-2H3. The molecule has 0 aliphatic heterocycles. The van der Waals surface area contributed by atoms with Crippen LogP contribution in [0, 0.1) is 0 Å². The highest BCUT2D eigenvalue weighted by Gasteiger charge is 2.10. The molecule has 2 atom stereocenters. The van der Waals surface area contributed by atoms with Crippen molar-refractivity contribution in [3.05, 3.63) is 24.3 Å². The maximum absolute atomic E-state index is 12.0. The van der Waals surface area contributed by atoms with Crippen molar-refractivity contribution in [2.24, 2.45) is 5.73 Å². The molecule has 0 saturated carbocycles. The molecule has 0 spiro atoms. The molecule has 1 aromatic carbocycles. The van der Waals surface area contributed by atoms with Gasteiger partial charge in [-0.3, -0.25) is 4.21 Å². The molecular weight excluding hydrogens is 250 g/mol. The Morgan fingerprint density at radius 3 is 2.50 bits per heavy atom. The van der Waals surface area contributed by atoms with E-state index in [9.17, 15) is 4.21 Å². The lowest BCUT2D eigenvalue weighted by molar-refractivity contribution is 0.0672. The molecule has 102 valence electrons. The van der Waals surface area contributed by atoms with E-state index in [1.807, 2.05) is 31.2 Å². The summed E-state index contributed by atoms with van der Waals surface area (Å²) in [6.07, 6.45) is 0.709. The van der Waals surface area contributed by atoms with Gasteiger partial charge in [0.2, 0.25) is 0 Å². The van der Waals surface area contributed by atoms with Crippen molar-refractivity contribution >= 4 is 10.8 Å². The second kappa shape index (κ2) is 8.24. The largest absolute Gasteiger partial charge is 0.497 e. The Kier molecular flexibility index (Phi) is 6.93. The van der Waals surface area contributed by atoms with Gasteiger partial charge in [-0.05, 0) is 37.6 Å². The molecule has 5 heteroatoms. The second-order valence-corrected chi connectivity index (χ2v) is 5.40. The Bertz CT molecular complexity index is 367. The van der Waals surface area contributed by atoms with Crippen molar-refractivity contribution in [2.75, 3.05) is 26.0 Å². The van der Waals surface area contributed by atoms with E-state index in [0.717, 1.165) is 10.6 Å². The lowest BCUT2D eigenvalue weighted by Crippen LogP contribution is -2.25. The fraction of sp³-hybridized carbons (Fsp3) is 0.538. The zero-order chi connectivity index (χ0) is 13.4. The van der Waals surface area contributed by atoms with Gasteiger partial charge < -0.3 is 15.2 Å². The van der Waals surface area contributed by atoms with Gasteiger partial charge in [0.05, 0.1) is 24.0 Å². The highest BCUT2D eigenvalue weighted by molar-refractivity contribution is 7.85. The first-order chi connectivity index (χ1) is 8.71. The molecule has 1 rings (SSSR count). The van der Waals surface area contributed by atoms with E-state index < -0.39 is 10.8 Å². The van der Waals surface area contributed by atoms with Gasteiger partial charge in [0, 0.05) is 23.8 Å². The molecular formula is C13H21NO3S. The van der Waals surface area contributed by atoms with E-state index in [0.29, 0.717) is 25.3 Å². The summed E-state index contributed by atoms with van der Waals surface area (Å²) in [5.41, 5.74) is 5.58. The first-order valence-electron chi connectivity index (χ1n) is 6.05. The minimum absolute atomic E-state index is 0.00259. The molecule has 4 nitrogen and oxygen atoms in total. The second-order valence-electron chi connectivity index (χ2n) is 3.83. The molecule has 18 heavy (non-hydrogen) atoms. The van der Waals surface area contributed by atoms with Gasteiger partial charge in [0.1, 0.15) is 5.75 Å². The first-order valence-corrected chi connectivity index (χ1v) is 7.37. The van der Waals surface area contributed by atoms with E-state index in [-0.39, 0.29) is 6.10 Å². The van der Waals surface area contributed by atoms with Crippen LogP contribution in [0.2, 0.25) is 0 Å². The summed E-state index contributed by atoms with van der Waals surface area (Å²) in [6, 6.07) is 7.28. The molecule has 0 radical (unpaired) electrons.